The summed E-state index contributed by atoms with van der Waals surface area (Å²) in [7, 11) is 0. The van der Waals surface area contributed by atoms with Gasteiger partial charge in [0.25, 0.3) is 0 Å². The van der Waals surface area contributed by atoms with Crippen LogP contribution < -0.4 is 10.2 Å². The first kappa shape index (κ1) is 13.5. The van der Waals surface area contributed by atoms with E-state index in [0.29, 0.717) is 0 Å². The van der Waals surface area contributed by atoms with Gasteiger partial charge in [0, 0.05) is 13.1 Å². The minimum atomic E-state index is 0.135. The lowest BCUT2D eigenvalue weighted by molar-refractivity contribution is 0.490. The SMILES string of the molecule is CCN(CC)c1ccc(NC(C)c2ccco2)cn1. The maximum atomic E-state index is 5.37. The standard InChI is InChI=1S/C15H21N3O/c1-4-18(5-2)15-9-8-13(11-16-15)17-12(3)14-7-6-10-19-14/h6-12,17H,4-5H2,1-3H3. The van der Waals surface area contributed by atoms with Crippen LogP contribution in [0.4, 0.5) is 11.5 Å². The van der Waals surface area contributed by atoms with Crippen LogP contribution in [0.25, 0.3) is 0 Å². The minimum absolute atomic E-state index is 0.135. The number of furan rings is 1. The van der Waals surface area contributed by atoms with Crippen molar-refractivity contribution in [2.75, 3.05) is 23.3 Å². The van der Waals surface area contributed by atoms with Crippen molar-refractivity contribution in [1.29, 1.82) is 0 Å². The molecule has 0 amide bonds. The molecule has 0 fully saturated rings. The van der Waals surface area contributed by atoms with E-state index in [2.05, 4.69) is 42.0 Å². The summed E-state index contributed by atoms with van der Waals surface area (Å²) in [6, 6.07) is 8.10. The maximum Gasteiger partial charge on any atom is 0.128 e. The van der Waals surface area contributed by atoms with Gasteiger partial charge in [-0.15, -0.1) is 0 Å². The van der Waals surface area contributed by atoms with Gasteiger partial charge in [-0.2, -0.15) is 0 Å². The summed E-state index contributed by atoms with van der Waals surface area (Å²) in [4.78, 5) is 6.71. The average Bonchev–Trinajstić information content (AvgIpc) is 2.96. The molecule has 0 spiro atoms. The summed E-state index contributed by atoms with van der Waals surface area (Å²) in [5, 5.41) is 3.37. The zero-order valence-electron chi connectivity index (χ0n) is 11.8. The van der Waals surface area contributed by atoms with Gasteiger partial charge in [-0.1, -0.05) is 0 Å². The van der Waals surface area contributed by atoms with Crippen molar-refractivity contribution in [1.82, 2.24) is 4.98 Å². The molecule has 2 heterocycles. The van der Waals surface area contributed by atoms with E-state index in [1.165, 1.54) is 0 Å². The first-order chi connectivity index (χ1) is 9.24. The highest BCUT2D eigenvalue weighted by atomic mass is 16.3. The van der Waals surface area contributed by atoms with E-state index in [-0.39, 0.29) is 6.04 Å². The third-order valence-electron chi connectivity index (χ3n) is 3.19. The van der Waals surface area contributed by atoms with Crippen molar-refractivity contribution in [3.8, 4) is 0 Å². The third-order valence-corrected chi connectivity index (χ3v) is 3.19. The second kappa shape index (κ2) is 6.27. The summed E-state index contributed by atoms with van der Waals surface area (Å²) in [5.74, 6) is 1.94. The number of aromatic nitrogens is 1. The molecule has 19 heavy (non-hydrogen) atoms. The molecule has 0 bridgehead atoms. The minimum Gasteiger partial charge on any atom is -0.467 e. The Kier molecular flexibility index (Phi) is 4.44. The summed E-state index contributed by atoms with van der Waals surface area (Å²) >= 11 is 0. The molecule has 2 aromatic rings. The summed E-state index contributed by atoms with van der Waals surface area (Å²) < 4.78 is 5.37. The number of pyridine rings is 1. The number of nitrogens with zero attached hydrogens (tertiary/aromatic N) is 2. The lowest BCUT2D eigenvalue weighted by atomic mass is 10.2. The van der Waals surface area contributed by atoms with Crippen LogP contribution in [-0.4, -0.2) is 18.1 Å². The van der Waals surface area contributed by atoms with E-state index in [1.807, 2.05) is 24.4 Å². The van der Waals surface area contributed by atoms with Crippen molar-refractivity contribution in [2.24, 2.45) is 0 Å². The molecule has 0 aliphatic rings. The monoisotopic (exact) mass is 259 g/mol. The molecule has 0 radical (unpaired) electrons. The topological polar surface area (TPSA) is 41.3 Å². The molecule has 0 aromatic carbocycles. The molecule has 1 unspecified atom stereocenters. The van der Waals surface area contributed by atoms with Crippen molar-refractivity contribution < 1.29 is 4.42 Å². The molecule has 4 heteroatoms. The van der Waals surface area contributed by atoms with Crippen LogP contribution >= 0.6 is 0 Å². The van der Waals surface area contributed by atoms with Gasteiger partial charge in [-0.25, -0.2) is 4.98 Å². The smallest absolute Gasteiger partial charge is 0.128 e. The highest BCUT2D eigenvalue weighted by molar-refractivity contribution is 5.49. The molecular formula is C15H21N3O. The van der Waals surface area contributed by atoms with Crippen molar-refractivity contribution in [2.45, 2.75) is 26.8 Å². The normalized spacial score (nSPS) is 12.2. The van der Waals surface area contributed by atoms with Gasteiger partial charge in [-0.05, 0) is 45.0 Å². The Bertz CT molecular complexity index is 475. The Morgan fingerprint density at radius 1 is 1.26 bits per heavy atom. The molecule has 0 saturated heterocycles. The predicted octanol–water partition coefficient (Wildman–Crippen LogP) is 3.69. The van der Waals surface area contributed by atoms with Crippen LogP contribution in [0.2, 0.25) is 0 Å². The molecule has 0 saturated carbocycles. The van der Waals surface area contributed by atoms with E-state index < -0.39 is 0 Å². The van der Waals surface area contributed by atoms with Gasteiger partial charge in [0.2, 0.25) is 0 Å². The van der Waals surface area contributed by atoms with Crippen LogP contribution in [0.3, 0.4) is 0 Å². The second-order valence-corrected chi connectivity index (χ2v) is 4.46. The van der Waals surface area contributed by atoms with Gasteiger partial charge in [0.1, 0.15) is 11.6 Å². The highest BCUT2D eigenvalue weighted by Crippen LogP contribution is 2.20. The molecule has 1 N–H and O–H groups in total. The lowest BCUT2D eigenvalue weighted by Crippen LogP contribution is -2.22. The Hall–Kier alpha value is -1.97. The Morgan fingerprint density at radius 2 is 2.05 bits per heavy atom. The number of anilines is 2. The van der Waals surface area contributed by atoms with Gasteiger partial charge >= 0.3 is 0 Å². The van der Waals surface area contributed by atoms with Gasteiger partial charge in [-0.3, -0.25) is 0 Å². The van der Waals surface area contributed by atoms with Crippen LogP contribution in [-0.2, 0) is 0 Å². The first-order valence-corrected chi connectivity index (χ1v) is 6.75. The molecule has 102 valence electrons. The third kappa shape index (κ3) is 3.28. The number of hydrogen-bond donors (Lipinski definition) is 1. The van der Waals surface area contributed by atoms with E-state index in [1.54, 1.807) is 6.26 Å². The number of nitrogens with one attached hydrogen (secondary N) is 1. The van der Waals surface area contributed by atoms with E-state index in [9.17, 15) is 0 Å². The van der Waals surface area contributed by atoms with Crippen LogP contribution in [0, 0.1) is 0 Å². The second-order valence-electron chi connectivity index (χ2n) is 4.46. The van der Waals surface area contributed by atoms with Crippen molar-refractivity contribution in [3.05, 3.63) is 42.5 Å². The predicted molar refractivity (Wildman–Crippen MR) is 78.5 cm³/mol. The Morgan fingerprint density at radius 3 is 2.58 bits per heavy atom. The molecule has 4 nitrogen and oxygen atoms in total. The van der Waals surface area contributed by atoms with Crippen LogP contribution in [0.15, 0.2) is 41.1 Å². The van der Waals surface area contributed by atoms with Gasteiger partial charge in [0.05, 0.1) is 24.2 Å². The fraction of sp³-hybridized carbons (Fsp3) is 0.400. The molecule has 0 aliphatic carbocycles. The average molecular weight is 259 g/mol. The maximum absolute atomic E-state index is 5.37. The molecular weight excluding hydrogens is 238 g/mol. The quantitative estimate of drug-likeness (QED) is 0.859. The van der Waals surface area contributed by atoms with Crippen molar-refractivity contribution >= 4 is 11.5 Å². The lowest BCUT2D eigenvalue weighted by Gasteiger charge is -2.20. The van der Waals surface area contributed by atoms with E-state index in [4.69, 9.17) is 4.42 Å². The van der Waals surface area contributed by atoms with E-state index >= 15 is 0 Å². The number of rotatable bonds is 6. The summed E-state index contributed by atoms with van der Waals surface area (Å²) in [5.41, 5.74) is 1.000. The Balaban J connectivity index is 2.02. The number of hydrogen-bond acceptors (Lipinski definition) is 4. The van der Waals surface area contributed by atoms with Crippen molar-refractivity contribution in [3.63, 3.8) is 0 Å². The molecule has 2 aromatic heterocycles. The van der Waals surface area contributed by atoms with Gasteiger partial charge < -0.3 is 14.6 Å². The molecule has 2 rings (SSSR count). The molecule has 0 aliphatic heterocycles. The summed E-state index contributed by atoms with van der Waals surface area (Å²) in [6.45, 7) is 8.28. The zero-order valence-corrected chi connectivity index (χ0v) is 11.8. The van der Waals surface area contributed by atoms with Crippen LogP contribution in [0.5, 0.6) is 0 Å². The highest BCUT2D eigenvalue weighted by Gasteiger charge is 2.08. The molecule has 1 atom stereocenters. The fourth-order valence-electron chi connectivity index (χ4n) is 2.06. The largest absolute Gasteiger partial charge is 0.467 e. The van der Waals surface area contributed by atoms with E-state index in [0.717, 1.165) is 30.4 Å². The zero-order chi connectivity index (χ0) is 13.7. The van der Waals surface area contributed by atoms with Crippen LogP contribution in [0.1, 0.15) is 32.6 Å². The summed E-state index contributed by atoms with van der Waals surface area (Å²) in [6.07, 6.45) is 3.56. The van der Waals surface area contributed by atoms with Gasteiger partial charge in [0.15, 0.2) is 0 Å². The first-order valence-electron chi connectivity index (χ1n) is 6.75. The fourth-order valence-corrected chi connectivity index (χ4v) is 2.06. The Labute approximate surface area is 114 Å².